The maximum absolute atomic E-state index is 13.3. The van der Waals surface area contributed by atoms with Crippen LogP contribution in [0.5, 0.6) is 0 Å². The Morgan fingerprint density at radius 2 is 2.19 bits per heavy atom. The van der Waals surface area contributed by atoms with Crippen LogP contribution in [-0.2, 0) is 11.2 Å². The molecule has 1 saturated heterocycles. The number of halogens is 3. The second-order valence-corrected chi connectivity index (χ2v) is 6.94. The van der Waals surface area contributed by atoms with Crippen molar-refractivity contribution in [3.05, 3.63) is 34.1 Å². The lowest BCUT2D eigenvalue weighted by molar-refractivity contribution is -0.129. The molecule has 1 unspecified atom stereocenters. The number of benzene rings is 1. The molecule has 8 heteroatoms. The van der Waals surface area contributed by atoms with Crippen molar-refractivity contribution in [3.63, 3.8) is 0 Å². The molecule has 1 fully saturated rings. The minimum absolute atomic E-state index is 0. The van der Waals surface area contributed by atoms with E-state index in [1.165, 1.54) is 6.07 Å². The molecule has 1 aromatic carbocycles. The van der Waals surface area contributed by atoms with Crippen LogP contribution in [0, 0.1) is 5.82 Å². The van der Waals surface area contributed by atoms with Gasteiger partial charge in [0.15, 0.2) is 5.96 Å². The van der Waals surface area contributed by atoms with E-state index >= 15 is 0 Å². The van der Waals surface area contributed by atoms with Gasteiger partial charge < -0.3 is 15.5 Å². The van der Waals surface area contributed by atoms with Gasteiger partial charge in [-0.3, -0.25) is 9.79 Å². The van der Waals surface area contributed by atoms with Crippen molar-refractivity contribution in [3.8, 4) is 0 Å². The first kappa shape index (κ1) is 23.1. The van der Waals surface area contributed by atoms with Crippen molar-refractivity contribution < 1.29 is 9.18 Å². The van der Waals surface area contributed by atoms with Crippen LogP contribution in [0.15, 0.2) is 27.7 Å². The van der Waals surface area contributed by atoms with Crippen molar-refractivity contribution in [2.75, 3.05) is 26.2 Å². The number of likely N-dealkylation sites (tertiary alicyclic amines) is 1. The fraction of sp³-hybridized carbons (Fsp3) is 0.556. The molecule has 1 atom stereocenters. The number of guanidine groups is 1. The molecule has 1 heterocycles. The zero-order valence-corrected chi connectivity index (χ0v) is 19.1. The monoisotopic (exact) mass is 540 g/mol. The van der Waals surface area contributed by atoms with E-state index in [0.29, 0.717) is 17.4 Å². The number of aliphatic imine (C=N–C) groups is 1. The van der Waals surface area contributed by atoms with Crippen LogP contribution in [0.25, 0.3) is 0 Å². The number of rotatable bonds is 6. The van der Waals surface area contributed by atoms with E-state index in [2.05, 4.69) is 31.6 Å². The van der Waals surface area contributed by atoms with Crippen molar-refractivity contribution in [1.29, 1.82) is 0 Å². The maximum Gasteiger partial charge on any atom is 0.222 e. The number of hydrogen-bond donors (Lipinski definition) is 2. The van der Waals surface area contributed by atoms with Crippen LogP contribution in [0.3, 0.4) is 0 Å². The predicted octanol–water partition coefficient (Wildman–Crippen LogP) is 3.31. The van der Waals surface area contributed by atoms with Crippen LogP contribution in [-0.4, -0.2) is 49.0 Å². The minimum atomic E-state index is -0.255. The third-order valence-electron chi connectivity index (χ3n) is 4.18. The average molecular weight is 541 g/mol. The number of nitrogens with one attached hydrogen (secondary N) is 2. The quantitative estimate of drug-likeness (QED) is 0.331. The third kappa shape index (κ3) is 7.02. The maximum atomic E-state index is 13.3. The van der Waals surface area contributed by atoms with Crippen LogP contribution >= 0.6 is 39.9 Å². The molecule has 146 valence electrons. The smallest absolute Gasteiger partial charge is 0.222 e. The summed E-state index contributed by atoms with van der Waals surface area (Å²) in [6.07, 6.45) is 2.22. The summed E-state index contributed by atoms with van der Waals surface area (Å²) in [4.78, 5) is 18.3. The lowest BCUT2D eigenvalue weighted by Crippen LogP contribution is -2.45. The molecular formula is C18H27BrFIN4O. The molecule has 0 bridgehead atoms. The van der Waals surface area contributed by atoms with Gasteiger partial charge in [-0.2, -0.15) is 0 Å². The first-order valence-electron chi connectivity index (χ1n) is 8.80. The molecule has 5 nitrogen and oxygen atoms in total. The number of nitrogens with zero attached hydrogens (tertiary/aromatic N) is 2. The highest BCUT2D eigenvalue weighted by Gasteiger charge is 2.25. The summed E-state index contributed by atoms with van der Waals surface area (Å²) in [6, 6.07) is 5.26. The number of hydrogen-bond acceptors (Lipinski definition) is 2. The van der Waals surface area contributed by atoms with Gasteiger partial charge in [-0.05, 0) is 53.4 Å². The molecule has 0 radical (unpaired) electrons. The first-order valence-corrected chi connectivity index (χ1v) is 9.59. The summed E-state index contributed by atoms with van der Waals surface area (Å²) < 4.78 is 13.7. The van der Waals surface area contributed by atoms with Gasteiger partial charge in [-0.15, -0.1) is 24.0 Å². The molecular weight excluding hydrogens is 514 g/mol. The Labute approximate surface area is 180 Å². The van der Waals surface area contributed by atoms with Crippen molar-refractivity contribution in [1.82, 2.24) is 15.5 Å². The summed E-state index contributed by atoms with van der Waals surface area (Å²) in [5, 5.41) is 6.65. The Morgan fingerprint density at radius 1 is 1.42 bits per heavy atom. The van der Waals surface area contributed by atoms with Crippen LogP contribution in [0.4, 0.5) is 4.39 Å². The molecule has 0 saturated carbocycles. The summed E-state index contributed by atoms with van der Waals surface area (Å²) in [5.74, 6) is 0.710. The lowest BCUT2D eigenvalue weighted by atomic mass is 10.1. The molecule has 1 aliphatic heterocycles. The number of amides is 1. The second-order valence-electron chi connectivity index (χ2n) is 6.08. The second kappa shape index (κ2) is 11.7. The Balaban J connectivity index is 0.00000338. The van der Waals surface area contributed by atoms with E-state index < -0.39 is 0 Å². The number of carbonyl (C=O) groups excluding carboxylic acids is 1. The van der Waals surface area contributed by atoms with Gasteiger partial charge in [0.05, 0.1) is 4.47 Å². The molecule has 0 aliphatic carbocycles. The topological polar surface area (TPSA) is 56.7 Å². The van der Waals surface area contributed by atoms with E-state index in [1.807, 2.05) is 18.7 Å². The number of carbonyl (C=O) groups is 1. The molecule has 0 spiro atoms. The van der Waals surface area contributed by atoms with Crippen LogP contribution in [0.2, 0.25) is 0 Å². The Morgan fingerprint density at radius 3 is 2.85 bits per heavy atom. The highest BCUT2D eigenvalue weighted by atomic mass is 127. The fourth-order valence-corrected chi connectivity index (χ4v) is 3.26. The zero-order valence-electron chi connectivity index (χ0n) is 15.2. The largest absolute Gasteiger partial charge is 0.357 e. The minimum Gasteiger partial charge on any atom is -0.357 e. The Kier molecular flexibility index (Phi) is 10.4. The van der Waals surface area contributed by atoms with Gasteiger partial charge in [0.1, 0.15) is 5.82 Å². The molecule has 1 aliphatic rings. The molecule has 2 N–H and O–H groups in total. The van der Waals surface area contributed by atoms with E-state index in [0.717, 1.165) is 44.0 Å². The van der Waals surface area contributed by atoms with Gasteiger partial charge >= 0.3 is 0 Å². The van der Waals surface area contributed by atoms with E-state index in [-0.39, 0.29) is 41.7 Å². The highest BCUT2D eigenvalue weighted by Crippen LogP contribution is 2.17. The predicted molar refractivity (Wildman–Crippen MR) is 118 cm³/mol. The fourth-order valence-electron chi connectivity index (χ4n) is 2.83. The Bertz CT molecular complexity index is 629. The standard InChI is InChI=1S/C18H26BrFN4O.HI/c1-3-17(25)24-10-8-14(12-24)23-18(21-4-2)22-9-7-13-5-6-16(20)15(19)11-13;/h5-6,11,14H,3-4,7-10,12H2,1-2H3,(H2,21,22,23);1H. The van der Waals surface area contributed by atoms with Crippen LogP contribution < -0.4 is 10.6 Å². The van der Waals surface area contributed by atoms with Gasteiger partial charge in [-0.25, -0.2) is 4.39 Å². The van der Waals surface area contributed by atoms with Crippen molar-refractivity contribution in [2.45, 2.75) is 39.2 Å². The van der Waals surface area contributed by atoms with Crippen molar-refractivity contribution >= 4 is 51.8 Å². The summed E-state index contributed by atoms with van der Waals surface area (Å²) in [5.41, 5.74) is 1.04. The summed E-state index contributed by atoms with van der Waals surface area (Å²) in [7, 11) is 0. The Hall–Kier alpha value is -0.900. The van der Waals surface area contributed by atoms with Crippen LogP contribution in [0.1, 0.15) is 32.3 Å². The third-order valence-corrected chi connectivity index (χ3v) is 4.79. The SMILES string of the molecule is CCNC(=NCCc1ccc(F)c(Br)c1)NC1CCN(C(=O)CC)C1.I. The molecule has 0 aromatic heterocycles. The summed E-state index contributed by atoms with van der Waals surface area (Å²) >= 11 is 3.21. The van der Waals surface area contributed by atoms with Gasteiger partial charge in [0.2, 0.25) is 5.91 Å². The molecule has 1 aromatic rings. The van der Waals surface area contributed by atoms with Crippen molar-refractivity contribution in [2.24, 2.45) is 4.99 Å². The van der Waals surface area contributed by atoms with Gasteiger partial charge in [0.25, 0.3) is 0 Å². The molecule has 1 amide bonds. The lowest BCUT2D eigenvalue weighted by Gasteiger charge is -2.18. The van der Waals surface area contributed by atoms with Gasteiger partial charge in [-0.1, -0.05) is 13.0 Å². The molecule has 2 rings (SSSR count). The van der Waals surface area contributed by atoms with Gasteiger partial charge in [0, 0.05) is 38.6 Å². The summed E-state index contributed by atoms with van der Waals surface area (Å²) in [6.45, 7) is 6.82. The van der Waals surface area contributed by atoms with E-state index in [9.17, 15) is 9.18 Å². The first-order chi connectivity index (χ1) is 12.0. The average Bonchev–Trinajstić information content (AvgIpc) is 3.06. The normalized spacial score (nSPS) is 17.0. The van der Waals surface area contributed by atoms with E-state index in [1.54, 1.807) is 12.1 Å². The van der Waals surface area contributed by atoms with E-state index in [4.69, 9.17) is 0 Å². The zero-order chi connectivity index (χ0) is 18.2. The molecule has 26 heavy (non-hydrogen) atoms. The highest BCUT2D eigenvalue weighted by molar-refractivity contribution is 14.0.